The zero-order valence-electron chi connectivity index (χ0n) is 20.4. The molecule has 1 spiro atoms. The third-order valence-corrected chi connectivity index (χ3v) is 8.69. The second kappa shape index (κ2) is 9.56. The van der Waals surface area contributed by atoms with Crippen LogP contribution in [0.4, 0.5) is 11.4 Å². The fourth-order valence-electron chi connectivity index (χ4n) is 4.73. The van der Waals surface area contributed by atoms with Crippen molar-refractivity contribution in [1.29, 1.82) is 0 Å². The summed E-state index contributed by atoms with van der Waals surface area (Å²) in [5, 5.41) is 0. The average Bonchev–Trinajstić information content (AvgIpc) is 2.82. The van der Waals surface area contributed by atoms with Crippen molar-refractivity contribution in [1.82, 2.24) is 14.1 Å². The van der Waals surface area contributed by atoms with Crippen LogP contribution >= 0.6 is 0 Å². The maximum Gasteiger partial charge on any atom is 0.246 e. The SMILES string of the molecule is CN(C)CC(=O)N1CCC2(CC1)COc1ccc(N(C)c3ccccc3)cc1S(=O)(=O)N(C)C2. The highest BCUT2D eigenvalue weighted by molar-refractivity contribution is 7.89. The Morgan fingerprint density at radius 2 is 1.71 bits per heavy atom. The summed E-state index contributed by atoms with van der Waals surface area (Å²) >= 11 is 0. The molecule has 0 unspecified atom stereocenters. The van der Waals surface area contributed by atoms with Gasteiger partial charge >= 0.3 is 0 Å². The van der Waals surface area contributed by atoms with E-state index in [1.165, 1.54) is 4.31 Å². The Balaban J connectivity index is 1.57. The molecule has 0 N–H and O–H groups in total. The number of likely N-dealkylation sites (N-methyl/N-ethyl adjacent to an activating group) is 1. The Labute approximate surface area is 202 Å². The number of anilines is 2. The van der Waals surface area contributed by atoms with Crippen molar-refractivity contribution in [3.8, 4) is 5.75 Å². The van der Waals surface area contributed by atoms with E-state index in [1.807, 2.05) is 72.2 Å². The quantitative estimate of drug-likeness (QED) is 0.662. The molecule has 34 heavy (non-hydrogen) atoms. The lowest BCUT2D eigenvalue weighted by atomic mass is 9.79. The molecule has 184 valence electrons. The lowest BCUT2D eigenvalue weighted by Crippen LogP contribution is -2.52. The minimum atomic E-state index is -3.75. The molecular formula is C25H34N4O4S. The summed E-state index contributed by atoms with van der Waals surface area (Å²) in [7, 11) is 3.57. The largest absolute Gasteiger partial charge is 0.492 e. The Morgan fingerprint density at radius 1 is 1.03 bits per heavy atom. The molecule has 0 saturated carbocycles. The predicted octanol–water partition coefficient (Wildman–Crippen LogP) is 2.64. The van der Waals surface area contributed by atoms with Crippen LogP contribution in [0.25, 0.3) is 0 Å². The molecule has 9 heteroatoms. The van der Waals surface area contributed by atoms with E-state index in [0.717, 1.165) is 11.4 Å². The van der Waals surface area contributed by atoms with Crippen molar-refractivity contribution >= 4 is 27.3 Å². The molecule has 0 aliphatic carbocycles. The lowest BCUT2D eigenvalue weighted by molar-refractivity contribution is -0.134. The van der Waals surface area contributed by atoms with Crippen LogP contribution < -0.4 is 9.64 Å². The molecular weight excluding hydrogens is 452 g/mol. The van der Waals surface area contributed by atoms with Gasteiger partial charge in [0.15, 0.2) is 0 Å². The van der Waals surface area contributed by atoms with Gasteiger partial charge < -0.3 is 19.4 Å². The van der Waals surface area contributed by atoms with Crippen LogP contribution in [0, 0.1) is 5.41 Å². The fourth-order valence-corrected chi connectivity index (χ4v) is 6.16. The van der Waals surface area contributed by atoms with Crippen LogP contribution in [0.3, 0.4) is 0 Å². The Morgan fingerprint density at radius 3 is 2.35 bits per heavy atom. The van der Waals surface area contributed by atoms with Gasteiger partial charge in [0.05, 0.1) is 13.2 Å². The number of ether oxygens (including phenoxy) is 1. The third-order valence-electron chi connectivity index (χ3n) is 6.87. The smallest absolute Gasteiger partial charge is 0.246 e. The molecule has 1 amide bonds. The van der Waals surface area contributed by atoms with Gasteiger partial charge in [0.25, 0.3) is 0 Å². The van der Waals surface area contributed by atoms with Crippen molar-refractivity contribution in [2.75, 3.05) is 65.9 Å². The molecule has 0 atom stereocenters. The van der Waals surface area contributed by atoms with Gasteiger partial charge in [-0.25, -0.2) is 12.7 Å². The molecule has 8 nitrogen and oxygen atoms in total. The monoisotopic (exact) mass is 486 g/mol. The number of carbonyl (C=O) groups is 1. The highest BCUT2D eigenvalue weighted by Crippen LogP contribution is 2.40. The van der Waals surface area contributed by atoms with Gasteiger partial charge in [-0.15, -0.1) is 0 Å². The maximum atomic E-state index is 13.6. The third kappa shape index (κ3) is 4.92. The summed E-state index contributed by atoms with van der Waals surface area (Å²) in [5.74, 6) is 0.482. The normalized spacial score (nSPS) is 19.7. The molecule has 1 saturated heterocycles. The molecule has 0 aromatic heterocycles. The number of piperidine rings is 1. The van der Waals surface area contributed by atoms with Gasteiger partial charge in [-0.1, -0.05) is 18.2 Å². The number of nitrogens with zero attached hydrogens (tertiary/aromatic N) is 4. The molecule has 2 aromatic rings. The summed E-state index contributed by atoms with van der Waals surface area (Å²) in [5.41, 5.74) is 1.41. The summed E-state index contributed by atoms with van der Waals surface area (Å²) in [6.45, 7) is 2.38. The predicted molar refractivity (Wildman–Crippen MR) is 133 cm³/mol. The molecule has 1 fully saturated rings. The van der Waals surface area contributed by atoms with Gasteiger partial charge in [-0.3, -0.25) is 4.79 Å². The number of carbonyl (C=O) groups excluding carboxylic acids is 1. The lowest BCUT2D eigenvalue weighted by Gasteiger charge is -2.44. The molecule has 2 aliphatic rings. The first kappa shape index (κ1) is 24.5. The van der Waals surface area contributed by atoms with E-state index in [-0.39, 0.29) is 16.2 Å². The highest BCUT2D eigenvalue weighted by Gasteiger charge is 2.42. The molecule has 2 aliphatic heterocycles. The second-order valence-corrected chi connectivity index (χ2v) is 11.7. The summed E-state index contributed by atoms with van der Waals surface area (Å²) in [6.07, 6.45) is 1.41. The average molecular weight is 487 g/mol. The van der Waals surface area contributed by atoms with E-state index in [4.69, 9.17) is 4.74 Å². The van der Waals surface area contributed by atoms with E-state index in [9.17, 15) is 13.2 Å². The van der Waals surface area contributed by atoms with Gasteiger partial charge in [0.2, 0.25) is 15.9 Å². The van der Waals surface area contributed by atoms with Gasteiger partial charge in [0, 0.05) is 50.5 Å². The van der Waals surface area contributed by atoms with Crippen LogP contribution in [0.1, 0.15) is 12.8 Å². The molecule has 0 radical (unpaired) electrons. The first-order chi connectivity index (χ1) is 16.1. The standard InChI is InChI=1S/C25H34N4O4S/c1-26(2)17-24(30)29-14-12-25(13-15-29)18-27(3)34(31,32)23-16-21(10-11-22(23)33-19-25)28(4)20-8-6-5-7-9-20/h5-11,16H,12-15,17-19H2,1-4H3. The van der Waals surface area contributed by atoms with Crippen LogP contribution in [0.15, 0.2) is 53.4 Å². The number of likely N-dealkylation sites (tertiary alicyclic amines) is 1. The van der Waals surface area contributed by atoms with Crippen molar-refractivity contribution in [2.45, 2.75) is 17.7 Å². The zero-order chi connectivity index (χ0) is 24.5. The first-order valence-corrected chi connectivity index (χ1v) is 13.0. The Bertz CT molecular complexity index is 1130. The number of sulfonamides is 1. The topological polar surface area (TPSA) is 73.4 Å². The van der Waals surface area contributed by atoms with E-state index < -0.39 is 10.0 Å². The summed E-state index contributed by atoms with van der Waals surface area (Å²) < 4.78 is 34.8. The second-order valence-electron chi connectivity index (χ2n) is 9.69. The number of hydrogen-bond acceptors (Lipinski definition) is 6. The Hall–Kier alpha value is -2.62. The summed E-state index contributed by atoms with van der Waals surface area (Å²) in [4.78, 5) is 18.3. The molecule has 2 aromatic carbocycles. The van der Waals surface area contributed by atoms with Crippen LogP contribution in [-0.4, -0.2) is 89.4 Å². The highest BCUT2D eigenvalue weighted by atomic mass is 32.2. The van der Waals surface area contributed by atoms with Crippen molar-refractivity contribution in [3.63, 3.8) is 0 Å². The van der Waals surface area contributed by atoms with Crippen LogP contribution in [0.5, 0.6) is 5.75 Å². The van der Waals surface area contributed by atoms with E-state index in [2.05, 4.69) is 0 Å². The Kier molecular flexibility index (Phi) is 6.89. The van der Waals surface area contributed by atoms with Crippen LogP contribution in [-0.2, 0) is 14.8 Å². The van der Waals surface area contributed by atoms with Gasteiger partial charge in [0.1, 0.15) is 10.6 Å². The van der Waals surface area contributed by atoms with Crippen molar-refractivity contribution < 1.29 is 17.9 Å². The first-order valence-electron chi connectivity index (χ1n) is 11.6. The molecule has 2 heterocycles. The van der Waals surface area contributed by atoms with E-state index >= 15 is 0 Å². The van der Waals surface area contributed by atoms with Gasteiger partial charge in [-0.05, 0) is 57.3 Å². The number of para-hydroxylation sites is 1. The maximum absolute atomic E-state index is 13.6. The number of hydrogen-bond donors (Lipinski definition) is 0. The van der Waals surface area contributed by atoms with Crippen molar-refractivity contribution in [3.05, 3.63) is 48.5 Å². The van der Waals surface area contributed by atoms with Crippen LogP contribution in [0.2, 0.25) is 0 Å². The fraction of sp³-hybridized carbons (Fsp3) is 0.480. The molecule has 0 bridgehead atoms. The zero-order valence-corrected chi connectivity index (χ0v) is 21.2. The number of amides is 1. The minimum Gasteiger partial charge on any atom is -0.492 e. The number of rotatable bonds is 4. The van der Waals surface area contributed by atoms with Gasteiger partial charge in [-0.2, -0.15) is 0 Å². The summed E-state index contributed by atoms with van der Waals surface area (Å²) in [6, 6.07) is 15.1. The number of fused-ring (bicyclic) bond motifs is 1. The van der Waals surface area contributed by atoms with E-state index in [0.29, 0.717) is 51.4 Å². The molecule has 4 rings (SSSR count). The minimum absolute atomic E-state index is 0.105. The number of benzene rings is 2. The van der Waals surface area contributed by atoms with E-state index in [1.54, 1.807) is 19.2 Å². The van der Waals surface area contributed by atoms with Crippen molar-refractivity contribution in [2.24, 2.45) is 5.41 Å².